The zero-order valence-electron chi connectivity index (χ0n) is 15.9. The molecule has 2 aromatic rings. The molecule has 1 atom stereocenters. The molecular weight excluding hydrogens is 342 g/mol. The zero-order valence-corrected chi connectivity index (χ0v) is 15.9. The van der Waals surface area contributed by atoms with Gasteiger partial charge in [0.05, 0.1) is 12.8 Å². The molecule has 1 saturated heterocycles. The summed E-state index contributed by atoms with van der Waals surface area (Å²) in [5.41, 5.74) is 3.42. The lowest BCUT2D eigenvalue weighted by Gasteiger charge is -2.25. The van der Waals surface area contributed by atoms with Crippen molar-refractivity contribution in [3.63, 3.8) is 0 Å². The van der Waals surface area contributed by atoms with Crippen LogP contribution in [0.15, 0.2) is 42.5 Å². The summed E-state index contributed by atoms with van der Waals surface area (Å²) in [5.74, 6) is 0.432. The van der Waals surface area contributed by atoms with E-state index >= 15 is 0 Å². The van der Waals surface area contributed by atoms with Gasteiger partial charge in [-0.05, 0) is 49.9 Å². The van der Waals surface area contributed by atoms with E-state index in [0.717, 1.165) is 23.2 Å². The van der Waals surface area contributed by atoms with Crippen molar-refractivity contribution < 1.29 is 14.3 Å². The lowest BCUT2D eigenvalue weighted by molar-refractivity contribution is -0.119. The van der Waals surface area contributed by atoms with Crippen LogP contribution in [0.5, 0.6) is 5.75 Å². The van der Waals surface area contributed by atoms with Crippen molar-refractivity contribution >= 4 is 23.3 Å². The summed E-state index contributed by atoms with van der Waals surface area (Å²) in [4.78, 5) is 27.2. The van der Waals surface area contributed by atoms with Gasteiger partial charge in [0.25, 0.3) is 0 Å². The Morgan fingerprint density at radius 1 is 1.04 bits per heavy atom. The standard InChI is InChI=1S/C21H25N3O3/c1-14-8-6-9-15(2)19(14)23-20(25)17-11-7-13-24(17)21(26)22-16-10-4-5-12-18(16)27-3/h4-6,8-10,12,17H,7,11,13H2,1-3H3,(H,22,26)(H,23,25). The fourth-order valence-electron chi connectivity index (χ4n) is 3.44. The minimum Gasteiger partial charge on any atom is -0.495 e. The van der Waals surface area contributed by atoms with Gasteiger partial charge in [0.15, 0.2) is 0 Å². The van der Waals surface area contributed by atoms with Crippen molar-refractivity contribution in [3.05, 3.63) is 53.6 Å². The predicted molar refractivity (Wildman–Crippen MR) is 106 cm³/mol. The van der Waals surface area contributed by atoms with E-state index in [1.165, 1.54) is 0 Å². The second-order valence-corrected chi connectivity index (χ2v) is 6.74. The number of nitrogens with one attached hydrogen (secondary N) is 2. The molecule has 0 aliphatic carbocycles. The van der Waals surface area contributed by atoms with Gasteiger partial charge in [0.2, 0.25) is 5.91 Å². The highest BCUT2D eigenvalue weighted by molar-refractivity contribution is 6.00. The summed E-state index contributed by atoms with van der Waals surface area (Å²) in [5, 5.41) is 5.86. The Hall–Kier alpha value is -3.02. The fourth-order valence-corrected chi connectivity index (χ4v) is 3.44. The van der Waals surface area contributed by atoms with Crippen LogP contribution in [0.4, 0.5) is 16.2 Å². The van der Waals surface area contributed by atoms with Gasteiger partial charge in [-0.1, -0.05) is 30.3 Å². The lowest BCUT2D eigenvalue weighted by atomic mass is 10.1. The third-order valence-electron chi connectivity index (χ3n) is 4.89. The average molecular weight is 367 g/mol. The van der Waals surface area contributed by atoms with Crippen molar-refractivity contribution in [2.75, 3.05) is 24.3 Å². The third-order valence-corrected chi connectivity index (χ3v) is 4.89. The number of likely N-dealkylation sites (tertiary alicyclic amines) is 1. The smallest absolute Gasteiger partial charge is 0.322 e. The second-order valence-electron chi connectivity index (χ2n) is 6.74. The van der Waals surface area contributed by atoms with Gasteiger partial charge in [-0.2, -0.15) is 0 Å². The molecule has 1 aliphatic rings. The number of aryl methyl sites for hydroxylation is 2. The van der Waals surface area contributed by atoms with Crippen LogP contribution in [0.3, 0.4) is 0 Å². The minimum absolute atomic E-state index is 0.153. The molecule has 27 heavy (non-hydrogen) atoms. The van der Waals surface area contributed by atoms with E-state index in [1.807, 2.05) is 44.2 Å². The highest BCUT2D eigenvalue weighted by Crippen LogP contribution is 2.26. The van der Waals surface area contributed by atoms with Crippen LogP contribution in [0.1, 0.15) is 24.0 Å². The zero-order chi connectivity index (χ0) is 19.4. The first kappa shape index (κ1) is 18.8. The SMILES string of the molecule is COc1ccccc1NC(=O)N1CCCC1C(=O)Nc1c(C)cccc1C. The van der Waals surface area contributed by atoms with Crippen molar-refractivity contribution in [3.8, 4) is 5.75 Å². The highest BCUT2D eigenvalue weighted by Gasteiger charge is 2.34. The summed E-state index contributed by atoms with van der Waals surface area (Å²) >= 11 is 0. The topological polar surface area (TPSA) is 70.7 Å². The van der Waals surface area contributed by atoms with E-state index in [0.29, 0.717) is 24.4 Å². The van der Waals surface area contributed by atoms with E-state index in [-0.39, 0.29) is 11.9 Å². The summed E-state index contributed by atoms with van der Waals surface area (Å²) in [6.45, 7) is 4.47. The van der Waals surface area contributed by atoms with E-state index in [9.17, 15) is 9.59 Å². The van der Waals surface area contributed by atoms with Crippen LogP contribution in [-0.2, 0) is 4.79 Å². The van der Waals surface area contributed by atoms with Crippen LogP contribution in [-0.4, -0.2) is 36.5 Å². The molecule has 1 fully saturated rings. The predicted octanol–water partition coefficient (Wildman–Crippen LogP) is 3.95. The summed E-state index contributed by atoms with van der Waals surface area (Å²) in [7, 11) is 1.56. The first-order chi connectivity index (χ1) is 13.0. The molecule has 3 rings (SSSR count). The minimum atomic E-state index is -0.487. The van der Waals surface area contributed by atoms with E-state index < -0.39 is 6.04 Å². The lowest BCUT2D eigenvalue weighted by Crippen LogP contribution is -2.45. The number of urea groups is 1. The van der Waals surface area contributed by atoms with Gasteiger partial charge in [0.1, 0.15) is 11.8 Å². The van der Waals surface area contributed by atoms with Crippen LogP contribution in [0.25, 0.3) is 0 Å². The number of rotatable bonds is 4. The summed E-state index contributed by atoms with van der Waals surface area (Å²) in [6, 6.07) is 12.3. The van der Waals surface area contributed by atoms with Crippen molar-refractivity contribution in [1.29, 1.82) is 0 Å². The van der Waals surface area contributed by atoms with Gasteiger partial charge >= 0.3 is 6.03 Å². The number of hydrogen-bond acceptors (Lipinski definition) is 3. The molecule has 0 bridgehead atoms. The molecule has 0 radical (unpaired) electrons. The van der Waals surface area contributed by atoms with Gasteiger partial charge in [-0.25, -0.2) is 4.79 Å². The second kappa shape index (κ2) is 8.12. The molecule has 6 nitrogen and oxygen atoms in total. The van der Waals surface area contributed by atoms with E-state index in [1.54, 1.807) is 24.1 Å². The van der Waals surface area contributed by atoms with Crippen LogP contribution < -0.4 is 15.4 Å². The molecule has 6 heteroatoms. The molecule has 0 saturated carbocycles. The maximum atomic E-state index is 12.9. The molecule has 3 amide bonds. The monoisotopic (exact) mass is 367 g/mol. The molecule has 1 aliphatic heterocycles. The normalized spacial score (nSPS) is 16.1. The highest BCUT2D eigenvalue weighted by atomic mass is 16.5. The van der Waals surface area contributed by atoms with Crippen molar-refractivity contribution in [2.24, 2.45) is 0 Å². The number of nitrogens with zero attached hydrogens (tertiary/aromatic N) is 1. The number of anilines is 2. The quantitative estimate of drug-likeness (QED) is 0.860. The first-order valence-corrected chi connectivity index (χ1v) is 9.09. The number of carbonyl (C=O) groups excluding carboxylic acids is 2. The molecule has 1 heterocycles. The molecule has 142 valence electrons. The summed E-state index contributed by atoms with van der Waals surface area (Å²) < 4.78 is 5.28. The molecule has 0 spiro atoms. The number of hydrogen-bond donors (Lipinski definition) is 2. The van der Waals surface area contributed by atoms with Crippen LogP contribution >= 0.6 is 0 Å². The Morgan fingerprint density at radius 2 is 1.74 bits per heavy atom. The Balaban J connectivity index is 1.72. The Bertz CT molecular complexity index is 830. The maximum absolute atomic E-state index is 12.9. The number of amides is 3. The third kappa shape index (κ3) is 4.05. The van der Waals surface area contributed by atoms with Crippen LogP contribution in [0.2, 0.25) is 0 Å². The Morgan fingerprint density at radius 3 is 2.44 bits per heavy atom. The fraction of sp³-hybridized carbons (Fsp3) is 0.333. The molecule has 1 unspecified atom stereocenters. The van der Waals surface area contributed by atoms with Gasteiger partial charge in [0, 0.05) is 12.2 Å². The number of methoxy groups -OCH3 is 1. The number of para-hydroxylation sites is 3. The molecular formula is C21H25N3O3. The molecule has 2 aromatic carbocycles. The largest absolute Gasteiger partial charge is 0.495 e. The average Bonchev–Trinajstić information content (AvgIpc) is 3.15. The Labute approximate surface area is 159 Å². The number of benzene rings is 2. The van der Waals surface area contributed by atoms with Crippen molar-refractivity contribution in [1.82, 2.24) is 4.90 Å². The molecule has 2 N–H and O–H groups in total. The van der Waals surface area contributed by atoms with Crippen molar-refractivity contribution in [2.45, 2.75) is 32.7 Å². The van der Waals surface area contributed by atoms with E-state index in [4.69, 9.17) is 4.74 Å². The van der Waals surface area contributed by atoms with Crippen LogP contribution in [0, 0.1) is 13.8 Å². The number of ether oxygens (including phenoxy) is 1. The Kier molecular flexibility index (Phi) is 5.64. The van der Waals surface area contributed by atoms with Gasteiger partial charge in [-0.3, -0.25) is 4.79 Å². The molecule has 0 aromatic heterocycles. The summed E-state index contributed by atoms with van der Waals surface area (Å²) in [6.07, 6.45) is 1.44. The first-order valence-electron chi connectivity index (χ1n) is 9.09. The van der Waals surface area contributed by atoms with Gasteiger partial charge < -0.3 is 20.3 Å². The maximum Gasteiger partial charge on any atom is 0.322 e. The van der Waals surface area contributed by atoms with Gasteiger partial charge in [-0.15, -0.1) is 0 Å². The van der Waals surface area contributed by atoms with E-state index in [2.05, 4.69) is 10.6 Å². The number of carbonyl (C=O) groups is 2.